The summed E-state index contributed by atoms with van der Waals surface area (Å²) in [6, 6.07) is 4.82. The Hall–Kier alpha value is -1.77. The molecule has 8 heteroatoms. The molecule has 0 amide bonds. The lowest BCUT2D eigenvalue weighted by Crippen LogP contribution is -2.23. The summed E-state index contributed by atoms with van der Waals surface area (Å²) in [4.78, 5) is -0.122. The zero-order chi connectivity index (χ0) is 14.8. The van der Waals surface area contributed by atoms with Gasteiger partial charge in [-0.1, -0.05) is 5.16 Å². The number of aromatic nitrogens is 1. The summed E-state index contributed by atoms with van der Waals surface area (Å²) in [5.74, 6) is -0.0814. The van der Waals surface area contributed by atoms with Crippen molar-refractivity contribution in [1.29, 1.82) is 0 Å². The number of sulfonamides is 1. The smallest absolute Gasteiger partial charge is 0.240 e. The number of nitrogens with one attached hydrogen (secondary N) is 1. The van der Waals surface area contributed by atoms with E-state index in [0.717, 1.165) is 18.2 Å². The lowest BCUT2D eigenvalue weighted by molar-refractivity contribution is 0.275. The molecule has 1 heterocycles. The molecular formula is C12H13FN2O4S. The van der Waals surface area contributed by atoms with Gasteiger partial charge in [0.1, 0.15) is 11.6 Å². The molecule has 0 aliphatic heterocycles. The van der Waals surface area contributed by atoms with E-state index in [9.17, 15) is 12.8 Å². The van der Waals surface area contributed by atoms with Crippen molar-refractivity contribution >= 4 is 10.0 Å². The minimum absolute atomic E-state index is 0.0362. The fraction of sp³-hybridized carbons (Fsp3) is 0.250. The Morgan fingerprint density at radius 3 is 2.75 bits per heavy atom. The van der Waals surface area contributed by atoms with Gasteiger partial charge in [-0.15, -0.1) is 0 Å². The van der Waals surface area contributed by atoms with Gasteiger partial charge in [0.2, 0.25) is 10.0 Å². The fourth-order valence-corrected chi connectivity index (χ4v) is 2.64. The molecule has 2 aromatic rings. The highest BCUT2D eigenvalue weighted by molar-refractivity contribution is 7.89. The van der Waals surface area contributed by atoms with E-state index in [2.05, 4.69) is 9.88 Å². The molecule has 0 saturated heterocycles. The van der Waals surface area contributed by atoms with Crippen LogP contribution in [0.15, 0.2) is 33.7 Å². The average molecular weight is 300 g/mol. The highest BCUT2D eigenvalue weighted by Gasteiger charge is 2.16. The molecule has 0 bridgehead atoms. The van der Waals surface area contributed by atoms with Gasteiger partial charge in [-0.05, 0) is 25.1 Å². The monoisotopic (exact) mass is 300 g/mol. The van der Waals surface area contributed by atoms with Crippen LogP contribution in [0.2, 0.25) is 0 Å². The Labute approximate surface area is 115 Å². The summed E-state index contributed by atoms with van der Waals surface area (Å²) in [6.45, 7) is 1.09. The summed E-state index contributed by atoms with van der Waals surface area (Å²) < 4.78 is 44.4. The first-order chi connectivity index (χ1) is 9.42. The number of benzene rings is 1. The molecule has 1 aromatic heterocycles. The van der Waals surface area contributed by atoms with Gasteiger partial charge in [0.05, 0.1) is 23.7 Å². The van der Waals surface area contributed by atoms with E-state index in [1.807, 2.05) is 0 Å². The maximum absolute atomic E-state index is 13.2. The molecule has 0 saturated carbocycles. The van der Waals surface area contributed by atoms with Crippen LogP contribution in [0.4, 0.5) is 4.39 Å². The first-order valence-corrected chi connectivity index (χ1v) is 7.22. The molecule has 6 nitrogen and oxygen atoms in total. The SMILES string of the molecule is Cc1cc(CNS(=O)(=O)c2ccc(F)c(CO)c2)no1. The average Bonchev–Trinajstić information content (AvgIpc) is 2.83. The summed E-state index contributed by atoms with van der Waals surface area (Å²) in [7, 11) is -3.81. The zero-order valence-corrected chi connectivity index (χ0v) is 11.4. The van der Waals surface area contributed by atoms with Crippen LogP contribution in [-0.2, 0) is 23.2 Å². The van der Waals surface area contributed by atoms with Gasteiger partial charge in [-0.3, -0.25) is 0 Å². The fourth-order valence-electron chi connectivity index (χ4n) is 1.59. The maximum atomic E-state index is 13.2. The third-order valence-electron chi connectivity index (χ3n) is 2.62. The Morgan fingerprint density at radius 1 is 1.40 bits per heavy atom. The number of hydrogen-bond donors (Lipinski definition) is 2. The maximum Gasteiger partial charge on any atom is 0.240 e. The summed E-state index contributed by atoms with van der Waals surface area (Å²) >= 11 is 0. The molecule has 2 rings (SSSR count). The minimum Gasteiger partial charge on any atom is -0.392 e. The van der Waals surface area contributed by atoms with Crippen LogP contribution >= 0.6 is 0 Å². The molecule has 108 valence electrons. The van der Waals surface area contributed by atoms with Crippen molar-refractivity contribution in [1.82, 2.24) is 9.88 Å². The number of aliphatic hydroxyl groups excluding tert-OH is 1. The van der Waals surface area contributed by atoms with Gasteiger partial charge in [0, 0.05) is 11.6 Å². The Bertz CT molecular complexity index is 712. The highest BCUT2D eigenvalue weighted by Crippen LogP contribution is 2.15. The molecule has 20 heavy (non-hydrogen) atoms. The minimum atomic E-state index is -3.81. The molecule has 0 aliphatic rings. The molecule has 0 spiro atoms. The topological polar surface area (TPSA) is 92.4 Å². The lowest BCUT2D eigenvalue weighted by Gasteiger charge is -2.07. The normalized spacial score (nSPS) is 11.8. The molecule has 0 aliphatic carbocycles. The Balaban J connectivity index is 2.17. The standard InChI is InChI=1S/C12H13FN2O4S/c1-8-4-10(15-19-8)6-14-20(17,18)11-2-3-12(13)9(5-11)7-16/h2-5,14,16H,6-7H2,1H3. The van der Waals surface area contributed by atoms with Gasteiger partial charge < -0.3 is 9.63 Å². The third kappa shape index (κ3) is 3.21. The second-order valence-electron chi connectivity index (χ2n) is 4.16. The van der Waals surface area contributed by atoms with E-state index in [-0.39, 0.29) is 17.0 Å². The summed E-state index contributed by atoms with van der Waals surface area (Å²) in [5, 5.41) is 12.6. The van der Waals surface area contributed by atoms with Crippen molar-refractivity contribution in [2.45, 2.75) is 25.0 Å². The van der Waals surface area contributed by atoms with Crippen LogP contribution in [0.5, 0.6) is 0 Å². The number of rotatable bonds is 5. The number of hydrogen-bond acceptors (Lipinski definition) is 5. The van der Waals surface area contributed by atoms with Crippen molar-refractivity contribution in [2.24, 2.45) is 0 Å². The number of aliphatic hydroxyl groups is 1. The van der Waals surface area contributed by atoms with Crippen LogP contribution in [0.3, 0.4) is 0 Å². The molecular weight excluding hydrogens is 287 g/mol. The van der Waals surface area contributed by atoms with E-state index >= 15 is 0 Å². The number of aryl methyl sites for hydroxylation is 1. The Kier molecular flexibility index (Phi) is 4.17. The van der Waals surface area contributed by atoms with Crippen molar-refractivity contribution in [3.05, 3.63) is 47.1 Å². The molecule has 2 N–H and O–H groups in total. The van der Waals surface area contributed by atoms with E-state index in [0.29, 0.717) is 11.5 Å². The zero-order valence-electron chi connectivity index (χ0n) is 10.6. The van der Waals surface area contributed by atoms with Crippen LogP contribution in [0.25, 0.3) is 0 Å². The Morgan fingerprint density at radius 2 is 2.15 bits per heavy atom. The van der Waals surface area contributed by atoms with Gasteiger partial charge in [0.25, 0.3) is 0 Å². The predicted molar refractivity (Wildman–Crippen MR) is 67.6 cm³/mol. The first-order valence-electron chi connectivity index (χ1n) is 5.73. The summed E-state index contributed by atoms with van der Waals surface area (Å²) in [6.07, 6.45) is 0. The molecule has 0 radical (unpaired) electrons. The predicted octanol–water partition coefficient (Wildman–Crippen LogP) is 1.09. The largest absolute Gasteiger partial charge is 0.392 e. The van der Waals surface area contributed by atoms with Crippen LogP contribution < -0.4 is 4.72 Å². The van der Waals surface area contributed by atoms with Gasteiger partial charge in [0.15, 0.2) is 0 Å². The van der Waals surface area contributed by atoms with Gasteiger partial charge in [-0.2, -0.15) is 0 Å². The van der Waals surface area contributed by atoms with Crippen molar-refractivity contribution in [2.75, 3.05) is 0 Å². The van der Waals surface area contributed by atoms with Crippen molar-refractivity contribution in [3.8, 4) is 0 Å². The second-order valence-corrected chi connectivity index (χ2v) is 5.93. The van der Waals surface area contributed by atoms with E-state index in [4.69, 9.17) is 9.63 Å². The van der Waals surface area contributed by atoms with E-state index < -0.39 is 22.4 Å². The molecule has 0 fully saturated rings. The molecule has 0 unspecified atom stereocenters. The third-order valence-corrected chi connectivity index (χ3v) is 4.02. The van der Waals surface area contributed by atoms with Crippen LogP contribution in [0, 0.1) is 12.7 Å². The number of nitrogens with zero attached hydrogens (tertiary/aromatic N) is 1. The quantitative estimate of drug-likeness (QED) is 0.862. The highest BCUT2D eigenvalue weighted by atomic mass is 32.2. The first kappa shape index (κ1) is 14.6. The molecule has 0 atom stereocenters. The molecule has 1 aromatic carbocycles. The van der Waals surface area contributed by atoms with Crippen molar-refractivity contribution in [3.63, 3.8) is 0 Å². The van der Waals surface area contributed by atoms with Gasteiger partial charge in [-0.25, -0.2) is 17.5 Å². The van der Waals surface area contributed by atoms with Crippen LogP contribution in [0.1, 0.15) is 17.0 Å². The lowest BCUT2D eigenvalue weighted by atomic mass is 10.2. The van der Waals surface area contributed by atoms with E-state index in [1.54, 1.807) is 13.0 Å². The number of halogens is 1. The van der Waals surface area contributed by atoms with E-state index in [1.165, 1.54) is 0 Å². The van der Waals surface area contributed by atoms with Crippen LogP contribution in [-0.4, -0.2) is 18.7 Å². The second kappa shape index (κ2) is 5.70. The van der Waals surface area contributed by atoms with Gasteiger partial charge >= 0.3 is 0 Å². The van der Waals surface area contributed by atoms with Crippen molar-refractivity contribution < 1.29 is 22.4 Å². The summed E-state index contributed by atoms with van der Waals surface area (Å²) in [5.41, 5.74) is 0.362.